The Morgan fingerprint density at radius 1 is 0.900 bits per heavy atom. The number of hydrogen-bond donors (Lipinski definition) is 0. The Bertz CT molecular complexity index is 1580. The van der Waals surface area contributed by atoms with Gasteiger partial charge < -0.3 is 24.0 Å². The first-order valence-electron chi connectivity index (χ1n) is 13.9. The van der Waals surface area contributed by atoms with Gasteiger partial charge >= 0.3 is 0 Å². The lowest BCUT2D eigenvalue weighted by Gasteiger charge is -2.35. The van der Waals surface area contributed by atoms with Gasteiger partial charge in [-0.25, -0.2) is 9.97 Å². The Morgan fingerprint density at radius 3 is 2.35 bits per heavy atom. The van der Waals surface area contributed by atoms with Gasteiger partial charge in [-0.15, -0.1) is 0 Å². The van der Waals surface area contributed by atoms with Crippen LogP contribution >= 0.6 is 15.9 Å². The molecule has 10 nitrogen and oxygen atoms in total. The van der Waals surface area contributed by atoms with E-state index < -0.39 is 0 Å². The van der Waals surface area contributed by atoms with E-state index in [0.717, 1.165) is 60.2 Å². The van der Waals surface area contributed by atoms with Crippen LogP contribution in [0.15, 0.2) is 45.9 Å². The van der Waals surface area contributed by atoms with Crippen LogP contribution in [0.25, 0.3) is 21.8 Å². The van der Waals surface area contributed by atoms with Crippen molar-refractivity contribution in [3.63, 3.8) is 0 Å². The Labute approximate surface area is 241 Å². The van der Waals surface area contributed by atoms with E-state index in [1.54, 1.807) is 10.9 Å². The Hall–Kier alpha value is -3.44. The molecule has 40 heavy (non-hydrogen) atoms. The SMILES string of the molecule is CCOc1cc2nc(N3CCOCC3)nc(N3CCC(n4cnc5ccc(Br)cc5c4=O)CC3)c2cc1OCC. The van der Waals surface area contributed by atoms with E-state index >= 15 is 0 Å². The van der Waals surface area contributed by atoms with Crippen LogP contribution in [-0.4, -0.2) is 72.1 Å². The number of benzene rings is 2. The maximum atomic E-state index is 13.3. The molecule has 0 aliphatic carbocycles. The van der Waals surface area contributed by atoms with Crippen molar-refractivity contribution in [3.8, 4) is 11.5 Å². The summed E-state index contributed by atoms with van der Waals surface area (Å²) in [6.07, 6.45) is 3.29. The van der Waals surface area contributed by atoms with Crippen LogP contribution < -0.4 is 24.8 Å². The van der Waals surface area contributed by atoms with Crippen LogP contribution in [0.5, 0.6) is 11.5 Å². The van der Waals surface area contributed by atoms with Gasteiger partial charge in [0.25, 0.3) is 5.56 Å². The second kappa shape index (κ2) is 11.6. The molecular formula is C29H33BrN6O4. The van der Waals surface area contributed by atoms with Crippen LogP contribution in [-0.2, 0) is 4.74 Å². The lowest BCUT2D eigenvalue weighted by molar-refractivity contribution is 0.122. The van der Waals surface area contributed by atoms with Crippen molar-refractivity contribution < 1.29 is 14.2 Å². The third-order valence-electron chi connectivity index (χ3n) is 7.53. The first-order valence-corrected chi connectivity index (χ1v) is 14.7. The minimum absolute atomic E-state index is 0.00310. The molecule has 0 unspecified atom stereocenters. The van der Waals surface area contributed by atoms with E-state index in [2.05, 4.69) is 30.7 Å². The molecule has 0 atom stereocenters. The number of nitrogens with zero attached hydrogens (tertiary/aromatic N) is 6. The Balaban J connectivity index is 1.35. The van der Waals surface area contributed by atoms with Gasteiger partial charge in [-0.2, -0.15) is 4.98 Å². The van der Waals surface area contributed by atoms with Gasteiger partial charge in [-0.05, 0) is 51.0 Å². The molecule has 0 spiro atoms. The van der Waals surface area contributed by atoms with Gasteiger partial charge in [0.05, 0.1) is 49.2 Å². The highest BCUT2D eigenvalue weighted by Crippen LogP contribution is 2.38. The zero-order chi connectivity index (χ0) is 27.6. The van der Waals surface area contributed by atoms with Crippen molar-refractivity contribution in [1.82, 2.24) is 19.5 Å². The van der Waals surface area contributed by atoms with Crippen molar-refractivity contribution in [2.45, 2.75) is 32.7 Å². The van der Waals surface area contributed by atoms with Crippen LogP contribution in [0, 0.1) is 0 Å². The van der Waals surface area contributed by atoms with E-state index in [1.807, 2.05) is 44.2 Å². The van der Waals surface area contributed by atoms with E-state index in [4.69, 9.17) is 24.2 Å². The zero-order valence-electron chi connectivity index (χ0n) is 22.8. The fourth-order valence-corrected chi connectivity index (χ4v) is 5.88. The molecule has 0 N–H and O–H groups in total. The van der Waals surface area contributed by atoms with E-state index in [-0.39, 0.29) is 11.6 Å². The third kappa shape index (κ3) is 5.19. The predicted molar refractivity (Wildman–Crippen MR) is 159 cm³/mol. The zero-order valence-corrected chi connectivity index (χ0v) is 24.4. The summed E-state index contributed by atoms with van der Waals surface area (Å²) in [5.41, 5.74) is 1.53. The fraction of sp³-hybridized carbons (Fsp3) is 0.448. The molecule has 0 saturated carbocycles. The first kappa shape index (κ1) is 26.8. The van der Waals surface area contributed by atoms with Crippen molar-refractivity contribution in [1.29, 1.82) is 0 Å². The molecular weight excluding hydrogens is 576 g/mol. The van der Waals surface area contributed by atoms with Gasteiger partial charge in [0.15, 0.2) is 11.5 Å². The number of rotatable bonds is 7. The van der Waals surface area contributed by atoms with Gasteiger partial charge in [-0.3, -0.25) is 9.36 Å². The Kier molecular flexibility index (Phi) is 7.75. The summed E-state index contributed by atoms with van der Waals surface area (Å²) in [5.74, 6) is 2.94. The van der Waals surface area contributed by atoms with E-state index in [0.29, 0.717) is 54.8 Å². The average molecular weight is 610 g/mol. The van der Waals surface area contributed by atoms with Crippen LogP contribution in [0.4, 0.5) is 11.8 Å². The summed E-state index contributed by atoms with van der Waals surface area (Å²) in [5, 5.41) is 1.56. The first-order chi connectivity index (χ1) is 19.6. The maximum Gasteiger partial charge on any atom is 0.261 e. The van der Waals surface area contributed by atoms with Gasteiger partial charge in [0.2, 0.25) is 5.95 Å². The second-order valence-corrected chi connectivity index (χ2v) is 10.9. The van der Waals surface area contributed by atoms with Crippen LogP contribution in [0.1, 0.15) is 32.7 Å². The number of halogens is 1. The second-order valence-electron chi connectivity index (χ2n) is 9.97. The number of hydrogen-bond acceptors (Lipinski definition) is 9. The minimum Gasteiger partial charge on any atom is -0.490 e. The molecule has 2 aliphatic heterocycles. The smallest absolute Gasteiger partial charge is 0.261 e. The highest BCUT2D eigenvalue weighted by molar-refractivity contribution is 9.10. The van der Waals surface area contributed by atoms with Crippen molar-refractivity contribution >= 4 is 49.5 Å². The van der Waals surface area contributed by atoms with Crippen LogP contribution in [0.3, 0.4) is 0 Å². The monoisotopic (exact) mass is 608 g/mol. The molecule has 11 heteroatoms. The van der Waals surface area contributed by atoms with Gasteiger partial charge in [0, 0.05) is 48.1 Å². The predicted octanol–water partition coefficient (Wildman–Crippen LogP) is 4.58. The highest BCUT2D eigenvalue weighted by Gasteiger charge is 2.27. The molecule has 4 heterocycles. The molecule has 2 aromatic carbocycles. The standard InChI is InChI=1S/C29H33BrN6O4/c1-3-39-25-16-21-24(17-26(25)40-4-2)32-29(35-11-13-38-14-12-35)33-27(21)34-9-7-20(8-10-34)36-18-31-23-6-5-19(30)15-22(23)28(36)37/h5-6,15-18,20H,3-4,7-14H2,1-2H3. The molecule has 0 radical (unpaired) electrons. The van der Waals surface area contributed by atoms with Crippen LogP contribution in [0.2, 0.25) is 0 Å². The number of piperidine rings is 1. The van der Waals surface area contributed by atoms with Crippen molar-refractivity contribution in [2.24, 2.45) is 0 Å². The number of aromatic nitrogens is 4. The summed E-state index contributed by atoms with van der Waals surface area (Å²) in [6.45, 7) is 9.29. The van der Waals surface area contributed by atoms with Crippen molar-refractivity contribution in [3.05, 3.63) is 51.5 Å². The quantitative estimate of drug-likeness (QED) is 0.299. The average Bonchev–Trinajstić information content (AvgIpc) is 2.98. The summed E-state index contributed by atoms with van der Waals surface area (Å²) in [6, 6.07) is 9.66. The fourth-order valence-electron chi connectivity index (χ4n) is 5.51. The summed E-state index contributed by atoms with van der Waals surface area (Å²) >= 11 is 3.48. The normalized spacial score (nSPS) is 16.6. The molecule has 2 fully saturated rings. The maximum absolute atomic E-state index is 13.3. The summed E-state index contributed by atoms with van der Waals surface area (Å²) in [7, 11) is 0. The number of morpholine rings is 1. The molecule has 0 amide bonds. The topological polar surface area (TPSA) is 94.8 Å². The van der Waals surface area contributed by atoms with Gasteiger partial charge in [-0.1, -0.05) is 15.9 Å². The molecule has 0 bridgehead atoms. The lowest BCUT2D eigenvalue weighted by atomic mass is 10.0. The number of anilines is 2. The lowest BCUT2D eigenvalue weighted by Crippen LogP contribution is -2.39. The van der Waals surface area contributed by atoms with Gasteiger partial charge in [0.1, 0.15) is 5.82 Å². The molecule has 2 aliphatic rings. The van der Waals surface area contributed by atoms with E-state index in [1.165, 1.54) is 0 Å². The largest absolute Gasteiger partial charge is 0.490 e. The molecule has 4 aromatic rings. The minimum atomic E-state index is -0.00310. The summed E-state index contributed by atoms with van der Waals surface area (Å²) < 4.78 is 20.1. The molecule has 6 rings (SSSR count). The number of ether oxygens (including phenoxy) is 3. The Morgan fingerprint density at radius 2 is 1.62 bits per heavy atom. The number of fused-ring (bicyclic) bond motifs is 2. The third-order valence-corrected chi connectivity index (χ3v) is 8.02. The summed E-state index contributed by atoms with van der Waals surface area (Å²) in [4.78, 5) is 32.4. The highest BCUT2D eigenvalue weighted by atomic mass is 79.9. The molecule has 2 saturated heterocycles. The van der Waals surface area contributed by atoms with E-state index in [9.17, 15) is 4.79 Å². The molecule has 2 aromatic heterocycles. The molecule has 210 valence electrons. The van der Waals surface area contributed by atoms with Crippen molar-refractivity contribution in [2.75, 3.05) is 62.4 Å².